The number of nitrogens with one attached hydrogen (secondary N) is 1. The van der Waals surface area contributed by atoms with E-state index < -0.39 is 0 Å². The maximum absolute atomic E-state index is 13.8. The van der Waals surface area contributed by atoms with E-state index in [0.717, 1.165) is 51.3 Å². The number of methoxy groups -OCH3 is 1. The van der Waals surface area contributed by atoms with Crippen molar-refractivity contribution < 1.29 is 9.13 Å². The van der Waals surface area contributed by atoms with E-state index in [1.54, 1.807) is 30.6 Å². The molecule has 1 aliphatic carbocycles. The van der Waals surface area contributed by atoms with Crippen molar-refractivity contribution in [2.24, 2.45) is 5.92 Å². The number of aromatic nitrogens is 2. The molecule has 1 aliphatic rings. The fourth-order valence-electron chi connectivity index (χ4n) is 5.07. The number of fused-ring (bicyclic) bond motifs is 2. The van der Waals surface area contributed by atoms with Crippen LogP contribution < -0.4 is 10.1 Å². The molecule has 1 N–H and O–H groups in total. The van der Waals surface area contributed by atoms with Crippen LogP contribution in [0.5, 0.6) is 5.75 Å². The summed E-state index contributed by atoms with van der Waals surface area (Å²) in [4.78, 5) is 9.13. The predicted octanol–water partition coefficient (Wildman–Crippen LogP) is 7.16. The summed E-state index contributed by atoms with van der Waals surface area (Å²) in [5, 5.41) is 5.55. The number of anilines is 1. The van der Waals surface area contributed by atoms with Crippen molar-refractivity contribution in [2.75, 3.05) is 12.4 Å². The number of rotatable bonds is 6. The standard InChI is InChI=1S/C26H28FN3OS/c1-16(29-26-30-24-10-8-20(31-2)15-25(24)32-26)13-17-3-5-18(6-4-17)21-11-12-28-23-9-7-19(27)14-22(21)23/h7-12,14-18H,3-6,13H2,1-2H3,(H,29,30)/t16?,17-,18+. The number of halogens is 1. The largest absolute Gasteiger partial charge is 0.497 e. The third-order valence-electron chi connectivity index (χ3n) is 6.68. The highest BCUT2D eigenvalue weighted by Crippen LogP contribution is 2.40. The van der Waals surface area contributed by atoms with Crippen LogP contribution in [0.1, 0.15) is 50.5 Å². The molecule has 1 fully saturated rings. The van der Waals surface area contributed by atoms with Crippen molar-refractivity contribution >= 4 is 37.6 Å². The Morgan fingerprint density at radius 2 is 1.91 bits per heavy atom. The van der Waals surface area contributed by atoms with E-state index in [0.29, 0.717) is 17.9 Å². The number of benzene rings is 2. The molecule has 4 nitrogen and oxygen atoms in total. The fourth-order valence-corrected chi connectivity index (χ4v) is 6.07. The van der Waals surface area contributed by atoms with Gasteiger partial charge in [-0.1, -0.05) is 11.3 Å². The lowest BCUT2D eigenvalue weighted by Gasteiger charge is -2.31. The maximum atomic E-state index is 13.8. The van der Waals surface area contributed by atoms with E-state index >= 15 is 0 Å². The molecule has 32 heavy (non-hydrogen) atoms. The summed E-state index contributed by atoms with van der Waals surface area (Å²) in [6.07, 6.45) is 7.69. The predicted molar refractivity (Wildman–Crippen MR) is 130 cm³/mol. The Morgan fingerprint density at radius 1 is 1.09 bits per heavy atom. The number of nitrogens with zero attached hydrogens (tertiary/aromatic N) is 2. The second kappa shape index (κ2) is 9.02. The van der Waals surface area contributed by atoms with E-state index in [9.17, 15) is 4.39 Å². The van der Waals surface area contributed by atoms with Crippen LogP contribution in [0, 0.1) is 11.7 Å². The number of ether oxygens (including phenoxy) is 1. The Kier molecular flexibility index (Phi) is 5.96. The monoisotopic (exact) mass is 449 g/mol. The van der Waals surface area contributed by atoms with E-state index in [4.69, 9.17) is 9.72 Å². The molecule has 166 valence electrons. The minimum Gasteiger partial charge on any atom is -0.497 e. The van der Waals surface area contributed by atoms with Crippen molar-refractivity contribution in [1.29, 1.82) is 0 Å². The average molecular weight is 450 g/mol. The van der Waals surface area contributed by atoms with Gasteiger partial charge in [-0.05, 0) is 98.9 Å². The quantitative estimate of drug-likeness (QED) is 0.339. The Bertz CT molecular complexity index is 1230. The SMILES string of the molecule is COc1ccc2nc(NC(C)C[C@H]3CC[C@@H](c4ccnc5ccc(F)cc54)CC3)sc2c1. The molecule has 0 radical (unpaired) electrons. The molecule has 5 rings (SSSR count). The van der Waals surface area contributed by atoms with Crippen LogP contribution in [0.2, 0.25) is 0 Å². The van der Waals surface area contributed by atoms with Crippen LogP contribution in [0.4, 0.5) is 9.52 Å². The molecule has 0 spiro atoms. The summed E-state index contributed by atoms with van der Waals surface area (Å²) in [6.45, 7) is 2.25. The summed E-state index contributed by atoms with van der Waals surface area (Å²) in [7, 11) is 1.69. The van der Waals surface area contributed by atoms with Crippen molar-refractivity contribution in [2.45, 2.75) is 51.0 Å². The van der Waals surface area contributed by atoms with Gasteiger partial charge in [0.2, 0.25) is 0 Å². The molecule has 0 amide bonds. The van der Waals surface area contributed by atoms with Crippen LogP contribution in [-0.2, 0) is 0 Å². The second-order valence-corrected chi connectivity index (χ2v) is 9.94. The number of pyridine rings is 1. The highest BCUT2D eigenvalue weighted by Gasteiger charge is 2.25. The first-order valence-electron chi connectivity index (χ1n) is 11.3. The molecule has 2 heterocycles. The number of thiazole rings is 1. The number of hydrogen-bond acceptors (Lipinski definition) is 5. The third kappa shape index (κ3) is 4.42. The number of hydrogen-bond donors (Lipinski definition) is 1. The fraction of sp³-hybridized carbons (Fsp3) is 0.385. The lowest BCUT2D eigenvalue weighted by atomic mass is 9.76. The minimum absolute atomic E-state index is 0.186. The summed E-state index contributed by atoms with van der Waals surface area (Å²) in [5.74, 6) is 1.87. The highest BCUT2D eigenvalue weighted by molar-refractivity contribution is 7.22. The topological polar surface area (TPSA) is 47.0 Å². The van der Waals surface area contributed by atoms with Gasteiger partial charge in [-0.2, -0.15) is 0 Å². The Labute approximate surface area is 191 Å². The van der Waals surface area contributed by atoms with Gasteiger partial charge in [-0.3, -0.25) is 4.98 Å². The van der Waals surface area contributed by atoms with Gasteiger partial charge in [0.05, 0.1) is 22.8 Å². The summed E-state index contributed by atoms with van der Waals surface area (Å²) >= 11 is 1.68. The average Bonchev–Trinajstić information content (AvgIpc) is 3.20. The second-order valence-electron chi connectivity index (χ2n) is 8.91. The zero-order valence-corrected chi connectivity index (χ0v) is 19.3. The van der Waals surface area contributed by atoms with E-state index in [2.05, 4.69) is 23.3 Å². The molecule has 4 aromatic rings. The van der Waals surface area contributed by atoms with E-state index in [-0.39, 0.29) is 5.82 Å². The van der Waals surface area contributed by atoms with Gasteiger partial charge >= 0.3 is 0 Å². The Balaban J connectivity index is 1.19. The lowest BCUT2D eigenvalue weighted by molar-refractivity contribution is 0.302. The summed E-state index contributed by atoms with van der Waals surface area (Å²) in [5.41, 5.74) is 3.15. The van der Waals surface area contributed by atoms with Crippen molar-refractivity contribution in [3.8, 4) is 5.75 Å². The van der Waals surface area contributed by atoms with Crippen LogP contribution >= 0.6 is 11.3 Å². The summed E-state index contributed by atoms with van der Waals surface area (Å²) in [6, 6.07) is 13.4. The van der Waals surface area contributed by atoms with Gasteiger partial charge in [0, 0.05) is 17.6 Å². The third-order valence-corrected chi connectivity index (χ3v) is 7.63. The van der Waals surface area contributed by atoms with Gasteiger partial charge in [0.25, 0.3) is 0 Å². The molecule has 6 heteroatoms. The molecular formula is C26H28FN3OS. The first-order chi connectivity index (χ1) is 15.6. The van der Waals surface area contributed by atoms with Crippen molar-refractivity contribution in [3.63, 3.8) is 0 Å². The molecule has 0 saturated heterocycles. The van der Waals surface area contributed by atoms with Gasteiger partial charge in [-0.25, -0.2) is 9.37 Å². The first-order valence-corrected chi connectivity index (χ1v) is 12.2. The summed E-state index contributed by atoms with van der Waals surface area (Å²) < 4.78 is 20.3. The van der Waals surface area contributed by atoms with Gasteiger partial charge in [0.15, 0.2) is 5.13 Å². The highest BCUT2D eigenvalue weighted by atomic mass is 32.1. The minimum atomic E-state index is -0.186. The van der Waals surface area contributed by atoms with E-state index in [1.165, 1.54) is 24.5 Å². The molecule has 0 aliphatic heterocycles. The van der Waals surface area contributed by atoms with E-state index in [1.807, 2.05) is 24.4 Å². The van der Waals surface area contributed by atoms with Crippen LogP contribution in [0.3, 0.4) is 0 Å². The smallest absolute Gasteiger partial charge is 0.184 e. The molecule has 1 unspecified atom stereocenters. The normalized spacial score (nSPS) is 19.8. The van der Waals surface area contributed by atoms with Crippen molar-refractivity contribution in [3.05, 3.63) is 60.0 Å². The molecule has 2 aromatic heterocycles. The van der Waals surface area contributed by atoms with Crippen LogP contribution in [0.15, 0.2) is 48.7 Å². The van der Waals surface area contributed by atoms with Gasteiger partial charge in [-0.15, -0.1) is 0 Å². The lowest BCUT2D eigenvalue weighted by Crippen LogP contribution is -2.22. The Morgan fingerprint density at radius 3 is 2.72 bits per heavy atom. The van der Waals surface area contributed by atoms with Gasteiger partial charge < -0.3 is 10.1 Å². The molecular weight excluding hydrogens is 421 g/mol. The molecule has 2 aromatic carbocycles. The van der Waals surface area contributed by atoms with Crippen LogP contribution in [-0.4, -0.2) is 23.1 Å². The zero-order valence-electron chi connectivity index (χ0n) is 18.5. The first kappa shape index (κ1) is 21.1. The zero-order chi connectivity index (χ0) is 22.1. The maximum Gasteiger partial charge on any atom is 0.184 e. The molecule has 0 bridgehead atoms. The molecule has 1 saturated carbocycles. The van der Waals surface area contributed by atoms with Gasteiger partial charge in [0.1, 0.15) is 11.6 Å². The van der Waals surface area contributed by atoms with Crippen molar-refractivity contribution in [1.82, 2.24) is 9.97 Å². The Hall–Kier alpha value is -2.73. The van der Waals surface area contributed by atoms with Crippen LogP contribution in [0.25, 0.3) is 21.1 Å². The molecule has 1 atom stereocenters.